The van der Waals surface area contributed by atoms with Crippen LogP contribution >= 0.6 is 0 Å². The number of hydrogen-bond acceptors (Lipinski definition) is 7. The van der Waals surface area contributed by atoms with E-state index in [1.54, 1.807) is 24.3 Å². The Morgan fingerprint density at radius 1 is 1.06 bits per heavy atom. The molecule has 4 rings (SSSR count). The topological polar surface area (TPSA) is 152 Å². The van der Waals surface area contributed by atoms with Crippen LogP contribution in [0.2, 0.25) is 0 Å². The molecule has 0 aliphatic carbocycles. The van der Waals surface area contributed by atoms with E-state index >= 15 is 0 Å². The summed E-state index contributed by atoms with van der Waals surface area (Å²) < 4.78 is 13.4. The number of hydrogen-bond donors (Lipinski definition) is 3. The van der Waals surface area contributed by atoms with Gasteiger partial charge in [-0.3, -0.25) is 0 Å². The number of rotatable bonds is 3. The minimum absolute atomic E-state index is 0.0145. The van der Waals surface area contributed by atoms with E-state index in [2.05, 4.69) is 15.0 Å². The number of nitrogens with zero attached hydrogens (tertiary/aromatic N) is 4. The Bertz CT molecular complexity index is 1280. The molecule has 2 heterocycles. The first kappa shape index (κ1) is 21.2. The molecule has 4 aromatic rings. The lowest BCUT2D eigenvalue weighted by Crippen LogP contribution is -2.06. The smallest absolute Gasteiger partial charge is 0.336 e. The van der Waals surface area contributed by atoms with Gasteiger partial charge in [0.1, 0.15) is 18.0 Å². The maximum absolute atomic E-state index is 13.4. The molecular weight excluding hydrogens is 405 g/mol. The van der Waals surface area contributed by atoms with E-state index < -0.39 is 11.8 Å². The van der Waals surface area contributed by atoms with Crippen molar-refractivity contribution in [2.45, 2.75) is 6.92 Å². The van der Waals surface area contributed by atoms with E-state index in [0.29, 0.717) is 22.4 Å². The van der Waals surface area contributed by atoms with Crippen LogP contribution in [0.4, 0.5) is 10.2 Å². The number of aromatic carboxylic acids is 1. The van der Waals surface area contributed by atoms with Crippen molar-refractivity contribution in [3.63, 3.8) is 0 Å². The number of fused-ring (bicyclic) bond motifs is 1. The van der Waals surface area contributed by atoms with Gasteiger partial charge in [-0.25, -0.2) is 24.1 Å². The van der Waals surface area contributed by atoms with E-state index in [1.165, 1.54) is 29.9 Å². The molecule has 2 aromatic heterocycles. The van der Waals surface area contributed by atoms with Crippen molar-refractivity contribution in [2.75, 3.05) is 5.73 Å². The molecule has 0 saturated carbocycles. The third-order valence-corrected chi connectivity index (χ3v) is 4.51. The fourth-order valence-corrected chi connectivity index (χ4v) is 3.18. The van der Waals surface area contributed by atoms with Crippen LogP contribution in [-0.4, -0.2) is 31.2 Å². The second kappa shape index (κ2) is 8.91. The lowest BCUT2D eigenvalue weighted by atomic mass is 9.93. The number of pyridine rings is 1. The van der Waals surface area contributed by atoms with Crippen molar-refractivity contribution in [1.82, 2.24) is 15.0 Å². The van der Waals surface area contributed by atoms with Crippen molar-refractivity contribution in [3.8, 4) is 22.4 Å². The van der Waals surface area contributed by atoms with E-state index in [4.69, 9.17) is 15.8 Å². The quantitative estimate of drug-likeness (QED) is 0.328. The molecule has 0 spiro atoms. The number of anilines is 1. The molecule has 0 aliphatic heterocycles. The molecule has 31 heavy (non-hydrogen) atoms. The van der Waals surface area contributed by atoms with E-state index in [9.17, 15) is 14.3 Å². The van der Waals surface area contributed by atoms with Gasteiger partial charge in [-0.05, 0) is 55.0 Å². The van der Waals surface area contributed by atoms with Gasteiger partial charge in [-0.15, -0.1) is 4.91 Å². The van der Waals surface area contributed by atoms with Gasteiger partial charge in [0, 0.05) is 22.2 Å². The molecule has 0 unspecified atom stereocenters. The van der Waals surface area contributed by atoms with E-state index in [-0.39, 0.29) is 11.4 Å². The van der Waals surface area contributed by atoms with Crippen LogP contribution in [0.3, 0.4) is 0 Å². The van der Waals surface area contributed by atoms with Gasteiger partial charge in [0.05, 0.1) is 16.8 Å². The van der Waals surface area contributed by atoms with E-state index in [0.717, 1.165) is 16.6 Å². The van der Waals surface area contributed by atoms with Crippen LogP contribution in [0.5, 0.6) is 0 Å². The molecule has 0 aliphatic rings. The number of carbonyl (C=O) groups is 1. The summed E-state index contributed by atoms with van der Waals surface area (Å²) in [4.78, 5) is 32.8. The number of nitrogens with two attached hydrogens (primary N) is 1. The molecule has 0 amide bonds. The summed E-state index contributed by atoms with van der Waals surface area (Å²) in [6.45, 7) is 1.86. The summed E-state index contributed by atoms with van der Waals surface area (Å²) in [6, 6.07) is 12.4. The fraction of sp³-hybridized carbons (Fsp3) is 0.0476. The zero-order valence-corrected chi connectivity index (χ0v) is 16.2. The van der Waals surface area contributed by atoms with Crippen molar-refractivity contribution < 1.29 is 19.5 Å². The highest BCUT2D eigenvalue weighted by molar-refractivity contribution is 6.02. The van der Waals surface area contributed by atoms with Gasteiger partial charge in [-0.1, -0.05) is 6.07 Å². The van der Waals surface area contributed by atoms with E-state index in [1.807, 2.05) is 13.0 Å². The zero-order chi connectivity index (χ0) is 22.5. The minimum Gasteiger partial charge on any atom is -0.478 e. The lowest BCUT2D eigenvalue weighted by Gasteiger charge is -2.14. The van der Waals surface area contributed by atoms with Gasteiger partial charge in [-0.2, -0.15) is 0 Å². The first-order valence-electron chi connectivity index (χ1n) is 8.84. The normalized spacial score (nSPS) is 10.3. The summed E-state index contributed by atoms with van der Waals surface area (Å²) in [5.41, 5.74) is 9.36. The summed E-state index contributed by atoms with van der Waals surface area (Å²) in [6.07, 6.45) is 1.48. The van der Waals surface area contributed by atoms with Gasteiger partial charge in [0.2, 0.25) is 0 Å². The van der Waals surface area contributed by atoms with Crippen molar-refractivity contribution in [3.05, 3.63) is 76.8 Å². The second-order valence-corrected chi connectivity index (χ2v) is 6.40. The third kappa shape index (κ3) is 4.42. The Kier molecular flexibility index (Phi) is 6.10. The van der Waals surface area contributed by atoms with Gasteiger partial charge in [0.15, 0.2) is 5.34 Å². The Hall–Kier alpha value is -4.47. The molecule has 0 atom stereocenters. The zero-order valence-electron chi connectivity index (χ0n) is 16.2. The Morgan fingerprint density at radius 2 is 1.71 bits per heavy atom. The fourth-order valence-electron chi connectivity index (χ4n) is 3.18. The number of nitrogen functional groups attached to an aromatic ring is 1. The van der Waals surface area contributed by atoms with Crippen LogP contribution in [0, 0.1) is 17.6 Å². The number of aromatic nitrogens is 3. The van der Waals surface area contributed by atoms with Gasteiger partial charge in [0.25, 0.3) is 0 Å². The highest BCUT2D eigenvalue weighted by Gasteiger charge is 2.20. The van der Waals surface area contributed by atoms with Crippen LogP contribution in [0.1, 0.15) is 16.1 Å². The largest absolute Gasteiger partial charge is 0.478 e. The van der Waals surface area contributed by atoms with Gasteiger partial charge < -0.3 is 16.0 Å². The van der Waals surface area contributed by atoms with Crippen LogP contribution in [0.15, 0.2) is 60.2 Å². The van der Waals surface area contributed by atoms with Crippen LogP contribution in [0.25, 0.3) is 33.3 Å². The molecule has 4 N–H and O–H groups in total. The average molecular weight is 421 g/mol. The van der Waals surface area contributed by atoms with Crippen molar-refractivity contribution in [2.24, 2.45) is 5.34 Å². The molecule has 10 heteroatoms. The predicted molar refractivity (Wildman–Crippen MR) is 112 cm³/mol. The summed E-state index contributed by atoms with van der Waals surface area (Å²) in [5.74, 6) is -1.46. The maximum atomic E-state index is 13.4. The second-order valence-electron chi connectivity index (χ2n) is 6.40. The number of carboxylic acids is 1. The molecule has 2 aromatic carbocycles. The highest BCUT2D eigenvalue weighted by atomic mass is 19.1. The lowest BCUT2D eigenvalue weighted by molar-refractivity contribution is 0.0697. The highest BCUT2D eigenvalue weighted by Crippen LogP contribution is 2.36. The predicted octanol–water partition coefficient (Wildman–Crippen LogP) is 4.23. The number of halogens is 1. The number of aryl methyl sites for hydroxylation is 1. The Morgan fingerprint density at radius 3 is 2.35 bits per heavy atom. The number of carboxylic acid groups (broad SMARTS) is 1. The maximum Gasteiger partial charge on any atom is 0.336 e. The SMILES string of the molecule is Cc1ncnc2ccc(-c3c(C(=O)O)cc(N)nc3-c3ccc(F)cc3)cc12.O=NO. The van der Waals surface area contributed by atoms with Crippen molar-refractivity contribution in [1.29, 1.82) is 0 Å². The molecule has 0 bridgehead atoms. The summed E-state index contributed by atoms with van der Waals surface area (Å²) >= 11 is 0. The minimum atomic E-state index is -1.13. The molecule has 9 nitrogen and oxygen atoms in total. The first-order chi connectivity index (χ1) is 14.8. The van der Waals surface area contributed by atoms with Gasteiger partial charge >= 0.3 is 5.97 Å². The summed E-state index contributed by atoms with van der Waals surface area (Å²) in [7, 11) is 0. The average Bonchev–Trinajstić information content (AvgIpc) is 2.74. The monoisotopic (exact) mass is 421 g/mol. The molecule has 156 valence electrons. The molecular formula is C21H16FN5O4. The number of benzene rings is 2. The van der Waals surface area contributed by atoms with Crippen LogP contribution in [-0.2, 0) is 0 Å². The molecule has 0 radical (unpaired) electrons. The van der Waals surface area contributed by atoms with Crippen LogP contribution < -0.4 is 5.73 Å². The molecule has 0 fully saturated rings. The molecule has 0 saturated heterocycles. The Balaban J connectivity index is 0.000000858. The standard InChI is InChI=1S/C21H15FN4O2.HNO2/c1-11-15-8-13(4-7-17(15)25-10-24-11)19-16(21(27)28)9-18(23)26-20(19)12-2-5-14(22)6-3-12;2-1-3/h2-10H,1H3,(H2,23,26)(H,27,28);(H,2,3). The third-order valence-electron chi connectivity index (χ3n) is 4.51. The van der Waals surface area contributed by atoms with Crippen molar-refractivity contribution >= 4 is 22.7 Å². The summed E-state index contributed by atoms with van der Waals surface area (Å²) in [5, 5.41) is 18.5. The first-order valence-corrected chi connectivity index (χ1v) is 8.84. The Labute approximate surface area is 175 Å².